The highest BCUT2D eigenvalue weighted by Gasteiger charge is 2.26. The van der Waals surface area contributed by atoms with Crippen LogP contribution in [0.15, 0.2) is 24.3 Å². The maximum absolute atomic E-state index is 12.9. The fourth-order valence-electron chi connectivity index (χ4n) is 3.00. The Balaban J connectivity index is 1.76. The molecule has 1 fully saturated rings. The second-order valence-electron chi connectivity index (χ2n) is 6.05. The van der Waals surface area contributed by atoms with Crippen molar-refractivity contribution in [2.24, 2.45) is 5.92 Å². The molecule has 1 aliphatic rings. The summed E-state index contributed by atoms with van der Waals surface area (Å²) in [5.41, 5.74) is 0.755. The van der Waals surface area contributed by atoms with Crippen LogP contribution in [0.1, 0.15) is 30.9 Å². The van der Waals surface area contributed by atoms with Crippen molar-refractivity contribution in [2.75, 3.05) is 32.4 Å². The molecule has 0 aliphatic carbocycles. The molecule has 1 aliphatic heterocycles. The Labute approximate surface area is 137 Å². The van der Waals surface area contributed by atoms with Gasteiger partial charge in [0.05, 0.1) is 11.9 Å². The van der Waals surface area contributed by atoms with Crippen LogP contribution < -0.4 is 4.72 Å². The molecule has 0 spiro atoms. The third-order valence-corrected chi connectivity index (χ3v) is 5.94. The standard InChI is InChI=1S/C16H25FN2O3S/c1-18-23(21,22)12-2-9-19-10-7-14(8-11-19)16(20)13-3-5-15(17)6-4-13/h3-6,14,16,18,20H,2,7-12H2,1H3. The number of rotatable bonds is 7. The molecule has 0 radical (unpaired) electrons. The Hall–Kier alpha value is -1.02. The molecule has 0 bridgehead atoms. The Morgan fingerprint density at radius 3 is 2.48 bits per heavy atom. The molecule has 2 rings (SSSR count). The molecule has 1 aromatic carbocycles. The Morgan fingerprint density at radius 1 is 1.30 bits per heavy atom. The first kappa shape index (κ1) is 18.3. The van der Waals surface area contributed by atoms with Gasteiger partial charge in [0.25, 0.3) is 0 Å². The van der Waals surface area contributed by atoms with Gasteiger partial charge < -0.3 is 10.0 Å². The van der Waals surface area contributed by atoms with E-state index in [1.807, 2.05) is 0 Å². The van der Waals surface area contributed by atoms with Crippen molar-refractivity contribution in [1.82, 2.24) is 9.62 Å². The number of hydrogen-bond donors (Lipinski definition) is 2. The van der Waals surface area contributed by atoms with Gasteiger partial charge in [0.15, 0.2) is 0 Å². The number of aliphatic hydroxyl groups excluding tert-OH is 1. The second-order valence-corrected chi connectivity index (χ2v) is 8.10. The Bertz CT molecular complexity index is 584. The van der Waals surface area contributed by atoms with E-state index < -0.39 is 16.1 Å². The number of halogens is 1. The molecular weight excluding hydrogens is 319 g/mol. The summed E-state index contributed by atoms with van der Waals surface area (Å²) in [5, 5.41) is 10.4. The van der Waals surface area contributed by atoms with Gasteiger partial charge >= 0.3 is 0 Å². The van der Waals surface area contributed by atoms with E-state index in [2.05, 4.69) is 9.62 Å². The lowest BCUT2D eigenvalue weighted by molar-refractivity contribution is 0.0590. The van der Waals surface area contributed by atoms with Crippen LogP contribution in [0.25, 0.3) is 0 Å². The smallest absolute Gasteiger partial charge is 0.211 e. The first-order valence-corrected chi connectivity index (χ1v) is 9.63. The highest BCUT2D eigenvalue weighted by Crippen LogP contribution is 2.30. The third kappa shape index (κ3) is 5.53. The van der Waals surface area contributed by atoms with E-state index in [4.69, 9.17) is 0 Å². The summed E-state index contributed by atoms with van der Waals surface area (Å²) >= 11 is 0. The van der Waals surface area contributed by atoms with Gasteiger partial charge in [-0.1, -0.05) is 12.1 Å². The van der Waals surface area contributed by atoms with E-state index in [1.54, 1.807) is 12.1 Å². The van der Waals surface area contributed by atoms with E-state index in [1.165, 1.54) is 19.2 Å². The summed E-state index contributed by atoms with van der Waals surface area (Å²) in [4.78, 5) is 2.24. The first-order valence-electron chi connectivity index (χ1n) is 7.98. The molecule has 2 N–H and O–H groups in total. The summed E-state index contributed by atoms with van der Waals surface area (Å²) in [6.07, 6.45) is 1.76. The minimum atomic E-state index is -3.13. The maximum Gasteiger partial charge on any atom is 0.211 e. The predicted octanol–water partition coefficient (Wildman–Crippen LogP) is 1.51. The molecule has 0 amide bonds. The molecule has 1 atom stereocenters. The van der Waals surface area contributed by atoms with Crippen LogP contribution in [0, 0.1) is 11.7 Å². The Morgan fingerprint density at radius 2 is 1.91 bits per heavy atom. The van der Waals surface area contributed by atoms with Crippen molar-refractivity contribution >= 4 is 10.0 Å². The van der Waals surface area contributed by atoms with Crippen LogP contribution >= 0.6 is 0 Å². The number of likely N-dealkylation sites (tertiary alicyclic amines) is 1. The average Bonchev–Trinajstić information content (AvgIpc) is 2.55. The zero-order valence-electron chi connectivity index (χ0n) is 13.4. The molecule has 0 saturated carbocycles. The van der Waals surface area contributed by atoms with Gasteiger partial charge in [-0.3, -0.25) is 0 Å². The van der Waals surface area contributed by atoms with E-state index >= 15 is 0 Å². The van der Waals surface area contributed by atoms with Crippen LogP contribution in [0.4, 0.5) is 4.39 Å². The minimum absolute atomic E-state index is 0.141. The molecule has 1 aromatic rings. The number of piperidine rings is 1. The molecule has 0 aromatic heterocycles. The lowest BCUT2D eigenvalue weighted by atomic mass is 9.87. The second kappa shape index (κ2) is 8.19. The zero-order valence-corrected chi connectivity index (χ0v) is 14.2. The molecule has 23 heavy (non-hydrogen) atoms. The predicted molar refractivity (Wildman–Crippen MR) is 88.0 cm³/mol. The van der Waals surface area contributed by atoms with Gasteiger partial charge in [0.1, 0.15) is 5.82 Å². The van der Waals surface area contributed by atoms with E-state index in [-0.39, 0.29) is 17.5 Å². The van der Waals surface area contributed by atoms with Crippen LogP contribution in [0.2, 0.25) is 0 Å². The van der Waals surface area contributed by atoms with Gasteiger partial charge in [0.2, 0.25) is 10.0 Å². The van der Waals surface area contributed by atoms with Crippen molar-refractivity contribution in [2.45, 2.75) is 25.4 Å². The number of nitrogens with one attached hydrogen (secondary N) is 1. The monoisotopic (exact) mass is 344 g/mol. The summed E-state index contributed by atoms with van der Waals surface area (Å²) in [6.45, 7) is 2.45. The summed E-state index contributed by atoms with van der Waals surface area (Å²) in [7, 11) is -1.70. The van der Waals surface area contributed by atoms with E-state index in [0.717, 1.165) is 38.0 Å². The first-order chi connectivity index (χ1) is 10.9. The van der Waals surface area contributed by atoms with Crippen molar-refractivity contribution < 1.29 is 17.9 Å². The molecule has 5 nitrogen and oxygen atoms in total. The number of hydrogen-bond acceptors (Lipinski definition) is 4. The average molecular weight is 344 g/mol. The highest BCUT2D eigenvalue weighted by atomic mass is 32.2. The molecular formula is C16H25FN2O3S. The van der Waals surface area contributed by atoms with Crippen LogP contribution in [0.5, 0.6) is 0 Å². The van der Waals surface area contributed by atoms with E-state index in [9.17, 15) is 17.9 Å². The quantitative estimate of drug-likeness (QED) is 0.787. The minimum Gasteiger partial charge on any atom is -0.388 e. The van der Waals surface area contributed by atoms with Crippen molar-refractivity contribution in [3.8, 4) is 0 Å². The van der Waals surface area contributed by atoms with E-state index in [0.29, 0.717) is 6.42 Å². The molecule has 130 valence electrons. The number of aliphatic hydroxyl groups is 1. The number of benzene rings is 1. The van der Waals surface area contributed by atoms with Crippen LogP contribution in [-0.4, -0.2) is 50.9 Å². The number of nitrogens with zero attached hydrogens (tertiary/aromatic N) is 1. The van der Waals surface area contributed by atoms with Crippen LogP contribution in [0.3, 0.4) is 0 Å². The number of sulfonamides is 1. The van der Waals surface area contributed by atoms with Gasteiger partial charge in [-0.15, -0.1) is 0 Å². The van der Waals surface area contributed by atoms with Gasteiger partial charge in [-0.05, 0) is 69.6 Å². The van der Waals surface area contributed by atoms with Crippen molar-refractivity contribution in [3.63, 3.8) is 0 Å². The summed E-state index contributed by atoms with van der Waals surface area (Å²) < 4.78 is 38.0. The maximum atomic E-state index is 12.9. The van der Waals surface area contributed by atoms with Gasteiger partial charge in [-0.25, -0.2) is 17.5 Å². The third-order valence-electron chi connectivity index (χ3n) is 4.49. The molecule has 7 heteroatoms. The fourth-order valence-corrected chi connectivity index (χ4v) is 3.72. The van der Waals surface area contributed by atoms with Crippen LogP contribution in [-0.2, 0) is 10.0 Å². The lowest BCUT2D eigenvalue weighted by Gasteiger charge is -2.34. The van der Waals surface area contributed by atoms with Crippen molar-refractivity contribution in [3.05, 3.63) is 35.6 Å². The topological polar surface area (TPSA) is 69.6 Å². The lowest BCUT2D eigenvalue weighted by Crippen LogP contribution is -2.37. The summed E-state index contributed by atoms with van der Waals surface area (Å²) in [5.74, 6) is 0.00629. The normalized spacial score (nSPS) is 18.9. The highest BCUT2D eigenvalue weighted by molar-refractivity contribution is 7.89. The molecule has 1 heterocycles. The van der Waals surface area contributed by atoms with Crippen molar-refractivity contribution in [1.29, 1.82) is 0 Å². The molecule has 1 saturated heterocycles. The Kier molecular flexibility index (Phi) is 6.52. The summed E-state index contributed by atoms with van der Waals surface area (Å²) in [6, 6.07) is 6.01. The SMILES string of the molecule is CNS(=O)(=O)CCCN1CCC(C(O)c2ccc(F)cc2)CC1. The van der Waals surface area contributed by atoms with Gasteiger partial charge in [-0.2, -0.15) is 0 Å². The van der Waals surface area contributed by atoms with Gasteiger partial charge in [0, 0.05) is 0 Å². The largest absolute Gasteiger partial charge is 0.388 e. The fraction of sp³-hybridized carbons (Fsp3) is 0.625. The zero-order chi connectivity index (χ0) is 16.9. The molecule has 1 unspecified atom stereocenters.